The summed E-state index contributed by atoms with van der Waals surface area (Å²) in [7, 11) is 0. The number of hydrogen-bond donors (Lipinski definition) is 0. The molecule has 84 valence electrons. The summed E-state index contributed by atoms with van der Waals surface area (Å²) in [6.45, 7) is 14.9. The number of rotatable bonds is 1. The third-order valence-corrected chi connectivity index (χ3v) is 3.23. The second kappa shape index (κ2) is 6.27. The van der Waals surface area contributed by atoms with Crippen LogP contribution < -0.4 is 0 Å². The largest absolute Gasteiger partial charge is 0.100 e. The molecule has 0 amide bonds. The van der Waals surface area contributed by atoms with Crippen molar-refractivity contribution in [3.63, 3.8) is 0 Å². The van der Waals surface area contributed by atoms with Gasteiger partial charge in [-0.25, -0.2) is 0 Å². The second-order valence-corrected chi connectivity index (χ2v) is 5.66. The molecule has 0 aromatic rings. The summed E-state index contributed by atoms with van der Waals surface area (Å²) in [6.07, 6.45) is 6.89. The van der Waals surface area contributed by atoms with Gasteiger partial charge in [-0.3, -0.25) is 0 Å². The first-order chi connectivity index (χ1) is 6.37. The predicted molar refractivity (Wildman–Crippen MR) is 66.5 cm³/mol. The van der Waals surface area contributed by atoms with E-state index in [1.807, 2.05) is 6.92 Å². The first-order valence-corrected chi connectivity index (χ1v) is 6.02. The smallest absolute Gasteiger partial charge is 0.0354 e. The molecule has 1 rings (SSSR count). The maximum absolute atomic E-state index is 3.67. The van der Waals surface area contributed by atoms with Crippen molar-refractivity contribution in [3.8, 4) is 0 Å². The molecule has 0 aliphatic heterocycles. The highest BCUT2D eigenvalue weighted by atomic mass is 14.3. The summed E-state index contributed by atoms with van der Waals surface area (Å²) in [4.78, 5) is 0. The fourth-order valence-corrected chi connectivity index (χ4v) is 1.54. The second-order valence-electron chi connectivity index (χ2n) is 5.66. The normalized spacial score (nSPS) is 20.9. The predicted octanol–water partition coefficient (Wildman–Crippen LogP) is 5.20. The maximum atomic E-state index is 3.67. The summed E-state index contributed by atoms with van der Waals surface area (Å²) in [6, 6.07) is 0. The number of hydrogen-bond acceptors (Lipinski definition) is 0. The Kier molecular flexibility index (Phi) is 6.15. The van der Waals surface area contributed by atoms with Crippen LogP contribution in [0.15, 0.2) is 12.2 Å². The van der Waals surface area contributed by atoms with Gasteiger partial charge in [0, 0.05) is 0 Å². The molecule has 0 bridgehead atoms. The first kappa shape index (κ1) is 13.7. The maximum Gasteiger partial charge on any atom is -0.0354 e. The molecule has 0 aromatic heterocycles. The van der Waals surface area contributed by atoms with Gasteiger partial charge in [0.05, 0.1) is 0 Å². The molecule has 0 heteroatoms. The number of allylic oxidation sites excluding steroid dienone is 1. The van der Waals surface area contributed by atoms with E-state index in [9.17, 15) is 0 Å². The van der Waals surface area contributed by atoms with E-state index in [2.05, 4.69) is 34.3 Å². The average molecular weight is 196 g/mol. The van der Waals surface area contributed by atoms with E-state index in [4.69, 9.17) is 0 Å². The fourth-order valence-electron chi connectivity index (χ4n) is 1.54. The van der Waals surface area contributed by atoms with Gasteiger partial charge in [0.1, 0.15) is 0 Å². The monoisotopic (exact) mass is 196 g/mol. The van der Waals surface area contributed by atoms with Gasteiger partial charge in [0.25, 0.3) is 0 Å². The van der Waals surface area contributed by atoms with E-state index in [0.29, 0.717) is 5.41 Å². The van der Waals surface area contributed by atoms with E-state index in [1.54, 1.807) is 0 Å². The highest BCUT2D eigenvalue weighted by Gasteiger charge is 2.23. The van der Waals surface area contributed by atoms with E-state index in [0.717, 1.165) is 12.3 Å². The lowest BCUT2D eigenvalue weighted by Crippen LogP contribution is -2.19. The molecule has 1 aliphatic rings. The molecule has 0 aromatic carbocycles. The molecule has 0 heterocycles. The summed E-state index contributed by atoms with van der Waals surface area (Å²) >= 11 is 0. The lowest BCUT2D eigenvalue weighted by molar-refractivity contribution is 0.201. The Balaban J connectivity index is 0.000000292. The SMILES string of the molecule is C=C(C)CC.CC1CCC(C)(C)CC1. The topological polar surface area (TPSA) is 0 Å². The van der Waals surface area contributed by atoms with Crippen LogP contribution in [0.4, 0.5) is 0 Å². The van der Waals surface area contributed by atoms with Gasteiger partial charge < -0.3 is 0 Å². The highest BCUT2D eigenvalue weighted by molar-refractivity contribution is 4.84. The first-order valence-electron chi connectivity index (χ1n) is 6.02. The zero-order valence-corrected chi connectivity index (χ0v) is 10.8. The Morgan fingerprint density at radius 2 is 1.64 bits per heavy atom. The van der Waals surface area contributed by atoms with Crippen LogP contribution in [-0.2, 0) is 0 Å². The van der Waals surface area contributed by atoms with Crippen molar-refractivity contribution in [2.75, 3.05) is 0 Å². The van der Waals surface area contributed by atoms with Crippen LogP contribution in [0.5, 0.6) is 0 Å². The Hall–Kier alpha value is -0.260. The molecule has 0 nitrogen and oxygen atoms in total. The molecule has 0 radical (unpaired) electrons. The van der Waals surface area contributed by atoms with Crippen molar-refractivity contribution in [3.05, 3.63) is 12.2 Å². The minimum atomic E-state index is 0.659. The van der Waals surface area contributed by atoms with Crippen LogP contribution in [0.3, 0.4) is 0 Å². The van der Waals surface area contributed by atoms with Crippen molar-refractivity contribution in [1.29, 1.82) is 0 Å². The van der Waals surface area contributed by atoms with Crippen LogP contribution in [0, 0.1) is 11.3 Å². The Bertz CT molecular complexity index is 155. The van der Waals surface area contributed by atoms with E-state index in [1.165, 1.54) is 31.3 Å². The molecular weight excluding hydrogens is 168 g/mol. The third kappa shape index (κ3) is 7.17. The molecule has 0 saturated heterocycles. The van der Waals surface area contributed by atoms with E-state index < -0.39 is 0 Å². The lowest BCUT2D eigenvalue weighted by Gasteiger charge is -2.32. The molecule has 1 aliphatic carbocycles. The summed E-state index contributed by atoms with van der Waals surface area (Å²) < 4.78 is 0. The average Bonchev–Trinajstić information content (AvgIpc) is 2.11. The minimum Gasteiger partial charge on any atom is -0.100 e. The van der Waals surface area contributed by atoms with Gasteiger partial charge in [-0.1, -0.05) is 46.1 Å². The van der Waals surface area contributed by atoms with Gasteiger partial charge >= 0.3 is 0 Å². The Morgan fingerprint density at radius 1 is 1.29 bits per heavy atom. The summed E-state index contributed by atoms with van der Waals surface area (Å²) in [5, 5.41) is 0. The van der Waals surface area contributed by atoms with E-state index >= 15 is 0 Å². The quantitative estimate of drug-likeness (QED) is 0.506. The highest BCUT2D eigenvalue weighted by Crippen LogP contribution is 2.37. The summed E-state index contributed by atoms with van der Waals surface area (Å²) in [5.74, 6) is 0.998. The van der Waals surface area contributed by atoms with Crippen molar-refractivity contribution < 1.29 is 0 Å². The molecular formula is C14H28. The standard InChI is InChI=1S/C9H18.C5H10/c1-8-4-6-9(2,3)7-5-8;1-4-5(2)3/h8H,4-7H2,1-3H3;2,4H2,1,3H3. The molecule has 1 saturated carbocycles. The van der Waals surface area contributed by atoms with Crippen LogP contribution in [0.25, 0.3) is 0 Å². The van der Waals surface area contributed by atoms with Crippen LogP contribution >= 0.6 is 0 Å². The van der Waals surface area contributed by atoms with Gasteiger partial charge in [0.2, 0.25) is 0 Å². The lowest BCUT2D eigenvalue weighted by atomic mass is 9.74. The molecule has 1 fully saturated rings. The molecule has 0 atom stereocenters. The Labute approximate surface area is 90.8 Å². The third-order valence-electron chi connectivity index (χ3n) is 3.23. The van der Waals surface area contributed by atoms with Crippen molar-refractivity contribution in [2.24, 2.45) is 11.3 Å². The van der Waals surface area contributed by atoms with Crippen molar-refractivity contribution >= 4 is 0 Å². The summed E-state index contributed by atoms with van der Waals surface area (Å²) in [5.41, 5.74) is 1.91. The zero-order valence-electron chi connectivity index (χ0n) is 10.8. The van der Waals surface area contributed by atoms with E-state index in [-0.39, 0.29) is 0 Å². The Morgan fingerprint density at radius 3 is 1.86 bits per heavy atom. The van der Waals surface area contributed by atoms with Gasteiger partial charge in [-0.05, 0) is 37.5 Å². The fraction of sp³-hybridized carbons (Fsp3) is 0.857. The molecule has 0 spiro atoms. The molecule has 14 heavy (non-hydrogen) atoms. The van der Waals surface area contributed by atoms with Crippen LogP contribution in [0.2, 0.25) is 0 Å². The van der Waals surface area contributed by atoms with Gasteiger partial charge in [0.15, 0.2) is 0 Å². The molecule has 0 N–H and O–H groups in total. The van der Waals surface area contributed by atoms with Gasteiger partial charge in [-0.15, -0.1) is 6.58 Å². The molecule has 0 unspecified atom stereocenters. The van der Waals surface area contributed by atoms with Crippen molar-refractivity contribution in [2.45, 2.75) is 66.7 Å². The van der Waals surface area contributed by atoms with Gasteiger partial charge in [-0.2, -0.15) is 0 Å². The van der Waals surface area contributed by atoms with Crippen LogP contribution in [-0.4, -0.2) is 0 Å². The van der Waals surface area contributed by atoms with Crippen LogP contribution in [0.1, 0.15) is 66.7 Å². The minimum absolute atomic E-state index is 0.659. The zero-order chi connectivity index (χ0) is 11.2. The van der Waals surface area contributed by atoms with Crippen molar-refractivity contribution in [1.82, 2.24) is 0 Å².